The van der Waals surface area contributed by atoms with Gasteiger partial charge in [0.2, 0.25) is 0 Å². The third kappa shape index (κ3) is 6.02. The Bertz CT molecular complexity index is 460. The van der Waals surface area contributed by atoms with Crippen LogP contribution in [-0.4, -0.2) is 29.8 Å². The smallest absolute Gasteiger partial charge is 0.315 e. The monoisotopic (exact) mass is 307 g/mol. The van der Waals surface area contributed by atoms with E-state index in [1.165, 1.54) is 0 Å². The number of ether oxygens (including phenoxy) is 1. The summed E-state index contributed by atoms with van der Waals surface area (Å²) >= 11 is 0. The molecule has 1 aromatic rings. The molecule has 22 heavy (non-hydrogen) atoms. The molecule has 1 heterocycles. The van der Waals surface area contributed by atoms with Gasteiger partial charge in [-0.15, -0.1) is 0 Å². The SMILES string of the molecule is COC(C)(C)C[C@H](C)NC(=O)N[C@H](c1ccccn1)C(C)C. The molecule has 5 heteroatoms. The van der Waals surface area contributed by atoms with Gasteiger partial charge in [-0.25, -0.2) is 4.79 Å². The van der Waals surface area contributed by atoms with Gasteiger partial charge in [0.05, 0.1) is 17.3 Å². The van der Waals surface area contributed by atoms with Crippen LogP contribution in [0, 0.1) is 5.92 Å². The van der Waals surface area contributed by atoms with E-state index in [1.54, 1.807) is 13.3 Å². The maximum atomic E-state index is 12.2. The lowest BCUT2D eigenvalue weighted by Crippen LogP contribution is -2.46. The second kappa shape index (κ2) is 8.13. The standard InChI is InChI=1S/C17H29N3O2/c1-12(2)15(14-9-7-8-10-18-14)20-16(21)19-13(3)11-17(4,5)22-6/h7-10,12-13,15H,11H2,1-6H3,(H2,19,20,21)/t13-,15-/m0/s1. The number of amides is 2. The minimum atomic E-state index is -0.259. The lowest BCUT2D eigenvalue weighted by molar-refractivity contribution is 0.00946. The summed E-state index contributed by atoms with van der Waals surface area (Å²) in [6.45, 7) is 10.1. The minimum absolute atomic E-state index is 0.0199. The number of carbonyl (C=O) groups excluding carboxylic acids is 1. The van der Waals surface area contributed by atoms with Gasteiger partial charge >= 0.3 is 6.03 Å². The Labute approximate surface area is 133 Å². The minimum Gasteiger partial charge on any atom is -0.379 e. The number of methoxy groups -OCH3 is 1. The lowest BCUT2D eigenvalue weighted by Gasteiger charge is -2.28. The molecule has 2 atom stereocenters. The van der Waals surface area contributed by atoms with Crippen molar-refractivity contribution in [3.8, 4) is 0 Å². The van der Waals surface area contributed by atoms with Gasteiger partial charge in [0.15, 0.2) is 0 Å². The van der Waals surface area contributed by atoms with E-state index in [-0.39, 0.29) is 29.6 Å². The van der Waals surface area contributed by atoms with Crippen molar-refractivity contribution in [2.45, 2.75) is 58.7 Å². The predicted octanol–water partition coefficient (Wildman–Crippen LogP) is 3.28. The number of hydrogen-bond donors (Lipinski definition) is 2. The summed E-state index contributed by atoms with van der Waals surface area (Å²) < 4.78 is 5.40. The van der Waals surface area contributed by atoms with Crippen LogP contribution in [0.3, 0.4) is 0 Å². The molecule has 0 aliphatic rings. The molecule has 0 spiro atoms. The fraction of sp³-hybridized carbons (Fsp3) is 0.647. The van der Waals surface area contributed by atoms with Crippen LogP contribution in [-0.2, 0) is 4.74 Å². The molecule has 0 aromatic carbocycles. The zero-order valence-electron chi connectivity index (χ0n) is 14.5. The van der Waals surface area contributed by atoms with Gasteiger partial charge in [0.25, 0.3) is 0 Å². The van der Waals surface area contributed by atoms with Gasteiger partial charge in [-0.2, -0.15) is 0 Å². The summed E-state index contributed by atoms with van der Waals surface area (Å²) in [6, 6.07) is 5.47. The zero-order chi connectivity index (χ0) is 16.8. The lowest BCUT2D eigenvalue weighted by atomic mass is 9.99. The highest BCUT2D eigenvalue weighted by molar-refractivity contribution is 5.74. The van der Waals surface area contributed by atoms with E-state index >= 15 is 0 Å². The average Bonchev–Trinajstić information content (AvgIpc) is 2.44. The molecular formula is C17H29N3O2. The Morgan fingerprint density at radius 2 is 1.95 bits per heavy atom. The van der Waals surface area contributed by atoms with Crippen molar-refractivity contribution in [2.75, 3.05) is 7.11 Å². The molecule has 0 aliphatic carbocycles. The number of pyridine rings is 1. The highest BCUT2D eigenvalue weighted by Gasteiger charge is 2.23. The maximum Gasteiger partial charge on any atom is 0.315 e. The van der Waals surface area contributed by atoms with Gasteiger partial charge in [-0.1, -0.05) is 19.9 Å². The Kier molecular flexibility index (Phi) is 6.81. The van der Waals surface area contributed by atoms with Crippen LogP contribution in [0.5, 0.6) is 0 Å². The first-order valence-electron chi connectivity index (χ1n) is 7.78. The molecule has 1 aromatic heterocycles. The normalized spacial score (nSPS) is 14.5. The van der Waals surface area contributed by atoms with Gasteiger partial charge in [-0.3, -0.25) is 4.98 Å². The fourth-order valence-electron chi connectivity index (χ4n) is 2.42. The summed E-state index contributed by atoms with van der Waals surface area (Å²) in [5.74, 6) is 0.256. The molecule has 0 saturated heterocycles. The second-order valence-electron chi connectivity index (χ2n) is 6.66. The molecule has 2 amide bonds. The quantitative estimate of drug-likeness (QED) is 0.812. The number of nitrogens with zero attached hydrogens (tertiary/aromatic N) is 1. The van der Waals surface area contributed by atoms with Crippen LogP contribution in [0.15, 0.2) is 24.4 Å². The van der Waals surface area contributed by atoms with Gasteiger partial charge < -0.3 is 15.4 Å². The number of rotatable bonds is 7. The van der Waals surface area contributed by atoms with Crippen molar-refractivity contribution >= 4 is 6.03 Å². The third-order valence-corrected chi connectivity index (χ3v) is 3.69. The highest BCUT2D eigenvalue weighted by Crippen LogP contribution is 2.19. The molecule has 0 bridgehead atoms. The van der Waals surface area contributed by atoms with Crippen LogP contribution in [0.1, 0.15) is 52.8 Å². The molecule has 0 aliphatic heterocycles. The molecular weight excluding hydrogens is 278 g/mol. The molecule has 0 unspecified atom stereocenters. The van der Waals surface area contributed by atoms with Crippen LogP contribution in [0.25, 0.3) is 0 Å². The van der Waals surface area contributed by atoms with E-state index in [0.717, 1.165) is 12.1 Å². The second-order valence-corrected chi connectivity index (χ2v) is 6.66. The molecule has 2 N–H and O–H groups in total. The number of hydrogen-bond acceptors (Lipinski definition) is 3. The molecule has 1 rings (SSSR count). The van der Waals surface area contributed by atoms with E-state index in [4.69, 9.17) is 4.74 Å². The number of urea groups is 1. The van der Waals surface area contributed by atoms with E-state index in [0.29, 0.717) is 0 Å². The Morgan fingerprint density at radius 3 is 2.45 bits per heavy atom. The summed E-state index contributed by atoms with van der Waals surface area (Å²) in [5, 5.41) is 5.98. The Morgan fingerprint density at radius 1 is 1.27 bits per heavy atom. The van der Waals surface area contributed by atoms with E-state index in [9.17, 15) is 4.79 Å². The first-order valence-corrected chi connectivity index (χ1v) is 7.78. The molecule has 0 saturated carbocycles. The molecule has 5 nitrogen and oxygen atoms in total. The van der Waals surface area contributed by atoms with Gasteiger partial charge in [0, 0.05) is 19.3 Å². The first-order chi connectivity index (χ1) is 10.2. The number of carbonyl (C=O) groups is 1. The van der Waals surface area contributed by atoms with Crippen molar-refractivity contribution in [3.05, 3.63) is 30.1 Å². The third-order valence-electron chi connectivity index (χ3n) is 3.69. The van der Waals surface area contributed by atoms with Gasteiger partial charge in [-0.05, 0) is 45.2 Å². The Hall–Kier alpha value is -1.62. The maximum absolute atomic E-state index is 12.2. The van der Waals surface area contributed by atoms with Crippen molar-refractivity contribution in [2.24, 2.45) is 5.92 Å². The predicted molar refractivity (Wildman–Crippen MR) is 88.7 cm³/mol. The summed E-state index contributed by atoms with van der Waals surface area (Å²) in [6.07, 6.45) is 2.49. The molecule has 0 fully saturated rings. The summed E-state index contributed by atoms with van der Waals surface area (Å²) in [5.41, 5.74) is 0.614. The van der Waals surface area contributed by atoms with E-state index in [1.807, 2.05) is 39.0 Å². The zero-order valence-corrected chi connectivity index (χ0v) is 14.5. The van der Waals surface area contributed by atoms with Crippen molar-refractivity contribution < 1.29 is 9.53 Å². The van der Waals surface area contributed by atoms with Crippen LogP contribution >= 0.6 is 0 Å². The summed E-state index contributed by atoms with van der Waals surface area (Å²) in [7, 11) is 1.68. The fourth-order valence-corrected chi connectivity index (χ4v) is 2.42. The first kappa shape index (κ1) is 18.4. The van der Waals surface area contributed by atoms with Crippen molar-refractivity contribution in [3.63, 3.8) is 0 Å². The van der Waals surface area contributed by atoms with Crippen molar-refractivity contribution in [1.82, 2.24) is 15.6 Å². The van der Waals surface area contributed by atoms with Crippen LogP contribution < -0.4 is 10.6 Å². The Balaban J connectivity index is 2.62. The number of aromatic nitrogens is 1. The van der Waals surface area contributed by atoms with Crippen LogP contribution in [0.4, 0.5) is 4.79 Å². The van der Waals surface area contributed by atoms with E-state index in [2.05, 4.69) is 29.5 Å². The summed E-state index contributed by atoms with van der Waals surface area (Å²) in [4.78, 5) is 16.6. The van der Waals surface area contributed by atoms with Gasteiger partial charge in [0.1, 0.15) is 0 Å². The van der Waals surface area contributed by atoms with E-state index < -0.39 is 0 Å². The number of nitrogens with one attached hydrogen (secondary N) is 2. The van der Waals surface area contributed by atoms with Crippen molar-refractivity contribution in [1.29, 1.82) is 0 Å². The largest absolute Gasteiger partial charge is 0.379 e. The average molecular weight is 307 g/mol. The topological polar surface area (TPSA) is 63.2 Å². The van der Waals surface area contributed by atoms with Crippen LogP contribution in [0.2, 0.25) is 0 Å². The highest BCUT2D eigenvalue weighted by atomic mass is 16.5. The molecule has 0 radical (unpaired) electrons. The molecule has 124 valence electrons.